The van der Waals surface area contributed by atoms with Crippen LogP contribution in [0.15, 0.2) is 18.5 Å². The Balaban J connectivity index is 2.45. The second kappa shape index (κ2) is 4.14. The fourth-order valence-electron chi connectivity index (χ4n) is 1.44. The summed E-state index contributed by atoms with van der Waals surface area (Å²) in [6.45, 7) is 2.06. The molecule has 0 aliphatic rings. The highest BCUT2D eigenvalue weighted by molar-refractivity contribution is 5.98. The van der Waals surface area contributed by atoms with Crippen molar-refractivity contribution in [1.82, 2.24) is 9.97 Å². The Labute approximate surface area is 91.4 Å². The smallest absolute Gasteiger partial charge is 0.339 e. The number of nitrogens with one attached hydrogen (secondary N) is 1. The number of aromatic amines is 1. The Kier molecular flexibility index (Phi) is 2.68. The standard InChI is InChI=1S/C11H10N2O3/c1-2-16-11(15)7-3-9-10(13-4-7)8(6-14)5-12-9/h3-6,12H,2H2,1H3. The van der Waals surface area contributed by atoms with Gasteiger partial charge in [-0.05, 0) is 13.0 Å². The van der Waals surface area contributed by atoms with E-state index in [-0.39, 0.29) is 0 Å². The van der Waals surface area contributed by atoms with Gasteiger partial charge < -0.3 is 9.72 Å². The van der Waals surface area contributed by atoms with Crippen LogP contribution in [0.2, 0.25) is 0 Å². The monoisotopic (exact) mass is 218 g/mol. The van der Waals surface area contributed by atoms with E-state index in [2.05, 4.69) is 9.97 Å². The normalized spacial score (nSPS) is 10.3. The maximum Gasteiger partial charge on any atom is 0.339 e. The average Bonchev–Trinajstić information content (AvgIpc) is 2.71. The molecular weight excluding hydrogens is 208 g/mol. The van der Waals surface area contributed by atoms with Gasteiger partial charge in [-0.3, -0.25) is 9.78 Å². The molecule has 5 nitrogen and oxygen atoms in total. The molecule has 0 unspecified atom stereocenters. The number of hydrogen-bond donors (Lipinski definition) is 1. The van der Waals surface area contributed by atoms with Crippen LogP contribution in [0.3, 0.4) is 0 Å². The second-order valence-electron chi connectivity index (χ2n) is 3.20. The van der Waals surface area contributed by atoms with E-state index in [9.17, 15) is 9.59 Å². The lowest BCUT2D eigenvalue weighted by molar-refractivity contribution is 0.0526. The van der Waals surface area contributed by atoms with Gasteiger partial charge in [-0.15, -0.1) is 0 Å². The minimum Gasteiger partial charge on any atom is -0.462 e. The molecule has 0 atom stereocenters. The molecule has 2 aromatic heterocycles. The molecule has 2 heterocycles. The van der Waals surface area contributed by atoms with E-state index in [1.54, 1.807) is 19.2 Å². The van der Waals surface area contributed by atoms with Crippen molar-refractivity contribution < 1.29 is 14.3 Å². The maximum absolute atomic E-state index is 11.4. The first-order chi connectivity index (χ1) is 7.76. The number of rotatable bonds is 3. The van der Waals surface area contributed by atoms with Gasteiger partial charge in [0.15, 0.2) is 6.29 Å². The summed E-state index contributed by atoms with van der Waals surface area (Å²) in [5, 5.41) is 0. The number of pyridine rings is 1. The Hall–Kier alpha value is -2.17. The number of carbonyl (C=O) groups is 2. The van der Waals surface area contributed by atoms with Crippen LogP contribution in [0.1, 0.15) is 27.6 Å². The van der Waals surface area contributed by atoms with E-state index in [0.717, 1.165) is 6.29 Å². The van der Waals surface area contributed by atoms with Gasteiger partial charge >= 0.3 is 5.97 Å². The molecule has 2 aromatic rings. The number of H-pyrrole nitrogens is 1. The largest absolute Gasteiger partial charge is 0.462 e. The Bertz CT molecular complexity index is 545. The molecule has 0 spiro atoms. The van der Waals surface area contributed by atoms with Crippen LogP contribution in [-0.2, 0) is 4.74 Å². The van der Waals surface area contributed by atoms with Crippen molar-refractivity contribution in [3.63, 3.8) is 0 Å². The van der Waals surface area contributed by atoms with Crippen molar-refractivity contribution in [3.05, 3.63) is 29.6 Å². The number of hydrogen-bond acceptors (Lipinski definition) is 4. The fraction of sp³-hybridized carbons (Fsp3) is 0.182. The van der Waals surface area contributed by atoms with Gasteiger partial charge in [0.05, 0.1) is 28.8 Å². The molecule has 0 bridgehead atoms. The van der Waals surface area contributed by atoms with E-state index in [1.165, 1.54) is 6.20 Å². The summed E-state index contributed by atoms with van der Waals surface area (Å²) in [4.78, 5) is 29.0. The zero-order valence-corrected chi connectivity index (χ0v) is 8.69. The molecule has 5 heteroatoms. The Morgan fingerprint density at radius 3 is 3.12 bits per heavy atom. The molecule has 0 aliphatic heterocycles. The highest BCUT2D eigenvalue weighted by Crippen LogP contribution is 2.15. The molecule has 1 N–H and O–H groups in total. The SMILES string of the molecule is CCOC(=O)c1cnc2c(C=O)c[nH]c2c1. The van der Waals surface area contributed by atoms with E-state index < -0.39 is 5.97 Å². The predicted octanol–water partition coefficient (Wildman–Crippen LogP) is 1.55. The van der Waals surface area contributed by atoms with Crippen LogP contribution >= 0.6 is 0 Å². The number of ether oxygens (including phenoxy) is 1. The number of fused-ring (bicyclic) bond motifs is 1. The highest BCUT2D eigenvalue weighted by atomic mass is 16.5. The second-order valence-corrected chi connectivity index (χ2v) is 3.20. The lowest BCUT2D eigenvalue weighted by atomic mass is 10.2. The number of nitrogens with zero attached hydrogens (tertiary/aromatic N) is 1. The predicted molar refractivity (Wildman–Crippen MR) is 57.4 cm³/mol. The summed E-state index contributed by atoms with van der Waals surface area (Å²) >= 11 is 0. The quantitative estimate of drug-likeness (QED) is 0.626. The van der Waals surface area contributed by atoms with Crippen LogP contribution < -0.4 is 0 Å². The molecule has 82 valence electrons. The minimum absolute atomic E-state index is 0.321. The summed E-state index contributed by atoms with van der Waals surface area (Å²) in [7, 11) is 0. The van der Waals surface area contributed by atoms with Gasteiger partial charge in [-0.25, -0.2) is 4.79 Å². The van der Waals surface area contributed by atoms with Gasteiger partial charge in [0, 0.05) is 12.4 Å². The van der Waals surface area contributed by atoms with Gasteiger partial charge in [-0.1, -0.05) is 0 Å². The topological polar surface area (TPSA) is 72.0 Å². The summed E-state index contributed by atoms with van der Waals surface area (Å²) < 4.78 is 4.85. The lowest BCUT2D eigenvalue weighted by Crippen LogP contribution is -2.04. The van der Waals surface area contributed by atoms with E-state index >= 15 is 0 Å². The van der Waals surface area contributed by atoms with Crippen molar-refractivity contribution in [2.75, 3.05) is 6.61 Å². The van der Waals surface area contributed by atoms with Crippen molar-refractivity contribution in [1.29, 1.82) is 0 Å². The zero-order valence-electron chi connectivity index (χ0n) is 8.69. The van der Waals surface area contributed by atoms with Crippen LogP contribution in [0.5, 0.6) is 0 Å². The van der Waals surface area contributed by atoms with Crippen molar-refractivity contribution in [3.8, 4) is 0 Å². The third-order valence-corrected chi connectivity index (χ3v) is 2.18. The number of esters is 1. The van der Waals surface area contributed by atoms with E-state index in [4.69, 9.17) is 4.74 Å². The molecular formula is C11H10N2O3. The minimum atomic E-state index is -0.417. The van der Waals surface area contributed by atoms with Crippen molar-refractivity contribution >= 4 is 23.3 Å². The lowest BCUT2D eigenvalue weighted by Gasteiger charge is -2.00. The van der Waals surface area contributed by atoms with Crippen molar-refractivity contribution in [2.24, 2.45) is 0 Å². The van der Waals surface area contributed by atoms with Gasteiger partial charge in [0.2, 0.25) is 0 Å². The molecule has 16 heavy (non-hydrogen) atoms. The number of aldehydes is 1. The molecule has 0 fully saturated rings. The first-order valence-electron chi connectivity index (χ1n) is 4.85. The third-order valence-electron chi connectivity index (χ3n) is 2.18. The maximum atomic E-state index is 11.4. The molecule has 0 saturated heterocycles. The molecule has 0 saturated carbocycles. The molecule has 0 aromatic carbocycles. The molecule has 0 amide bonds. The Morgan fingerprint density at radius 2 is 2.44 bits per heavy atom. The first kappa shape index (κ1) is 10.4. The molecule has 2 rings (SSSR count). The van der Waals surface area contributed by atoms with Crippen LogP contribution in [-0.4, -0.2) is 28.8 Å². The fourth-order valence-corrected chi connectivity index (χ4v) is 1.44. The van der Waals surface area contributed by atoms with Gasteiger partial charge in [0.1, 0.15) is 0 Å². The Morgan fingerprint density at radius 1 is 1.62 bits per heavy atom. The third kappa shape index (κ3) is 1.67. The van der Waals surface area contributed by atoms with Gasteiger partial charge in [0.25, 0.3) is 0 Å². The number of aromatic nitrogens is 2. The van der Waals surface area contributed by atoms with Crippen LogP contribution in [0.4, 0.5) is 0 Å². The van der Waals surface area contributed by atoms with Crippen LogP contribution in [0.25, 0.3) is 11.0 Å². The van der Waals surface area contributed by atoms with E-state index in [1.807, 2.05) is 0 Å². The number of carbonyl (C=O) groups excluding carboxylic acids is 2. The molecule has 0 radical (unpaired) electrons. The summed E-state index contributed by atoms with van der Waals surface area (Å²) in [5.41, 5.74) is 2.05. The van der Waals surface area contributed by atoms with Crippen molar-refractivity contribution in [2.45, 2.75) is 6.92 Å². The van der Waals surface area contributed by atoms with E-state index in [0.29, 0.717) is 28.8 Å². The summed E-state index contributed by atoms with van der Waals surface area (Å²) in [6, 6.07) is 1.62. The molecule has 0 aliphatic carbocycles. The first-order valence-corrected chi connectivity index (χ1v) is 4.85. The van der Waals surface area contributed by atoms with Gasteiger partial charge in [-0.2, -0.15) is 0 Å². The summed E-state index contributed by atoms with van der Waals surface area (Å²) in [6.07, 6.45) is 3.68. The average molecular weight is 218 g/mol. The van der Waals surface area contributed by atoms with Crippen LogP contribution in [0, 0.1) is 0 Å². The zero-order chi connectivity index (χ0) is 11.5. The summed E-state index contributed by atoms with van der Waals surface area (Å²) in [5.74, 6) is -0.417. The highest BCUT2D eigenvalue weighted by Gasteiger charge is 2.10.